The van der Waals surface area contributed by atoms with Crippen LogP contribution in [0.2, 0.25) is 0 Å². The van der Waals surface area contributed by atoms with Crippen molar-refractivity contribution in [1.29, 1.82) is 0 Å². The second kappa shape index (κ2) is 9.15. The van der Waals surface area contributed by atoms with Crippen LogP contribution in [0.1, 0.15) is 38.1 Å². The quantitative estimate of drug-likeness (QED) is 0.393. The minimum atomic E-state index is -1.46. The van der Waals surface area contributed by atoms with E-state index in [0.29, 0.717) is 17.4 Å². The third-order valence-corrected chi connectivity index (χ3v) is 3.46. The zero-order valence-corrected chi connectivity index (χ0v) is 15.3. The number of carboxylic acid groups (broad SMARTS) is 1. The van der Waals surface area contributed by atoms with Gasteiger partial charge in [-0.25, -0.2) is 9.59 Å². The normalized spacial score (nSPS) is 12.8. The standard InChI is InChI=1S/C19H24O7/c1-12(2)15(11-25-17(22)10-9-16(20)21)26-14-7-5-13(6-8-14)18(23)19(3,4)24/h5-10,12,15,24H,11H2,1-4H3,(H,20,21)/b10-9+. The van der Waals surface area contributed by atoms with Gasteiger partial charge in [0.2, 0.25) is 0 Å². The molecule has 142 valence electrons. The highest BCUT2D eigenvalue weighted by atomic mass is 16.6. The number of hydrogen-bond donors (Lipinski definition) is 2. The van der Waals surface area contributed by atoms with E-state index in [0.717, 1.165) is 6.08 Å². The first-order valence-corrected chi connectivity index (χ1v) is 8.12. The van der Waals surface area contributed by atoms with Crippen LogP contribution in [-0.2, 0) is 14.3 Å². The number of ketones is 1. The zero-order valence-electron chi connectivity index (χ0n) is 15.3. The van der Waals surface area contributed by atoms with E-state index >= 15 is 0 Å². The van der Waals surface area contributed by atoms with Crippen molar-refractivity contribution in [1.82, 2.24) is 0 Å². The van der Waals surface area contributed by atoms with Gasteiger partial charge in [-0.3, -0.25) is 4.79 Å². The van der Waals surface area contributed by atoms with Gasteiger partial charge >= 0.3 is 11.9 Å². The van der Waals surface area contributed by atoms with Crippen LogP contribution in [0.5, 0.6) is 5.75 Å². The number of rotatable bonds is 9. The molecule has 0 bridgehead atoms. The Morgan fingerprint density at radius 1 is 1.12 bits per heavy atom. The number of aliphatic carboxylic acids is 1. The molecule has 0 saturated heterocycles. The van der Waals surface area contributed by atoms with Crippen LogP contribution in [0.4, 0.5) is 0 Å². The fraction of sp³-hybridized carbons (Fsp3) is 0.421. The number of aliphatic hydroxyl groups is 1. The zero-order chi connectivity index (χ0) is 19.9. The average Bonchev–Trinajstić information content (AvgIpc) is 2.55. The van der Waals surface area contributed by atoms with Gasteiger partial charge in [0, 0.05) is 17.7 Å². The molecule has 1 atom stereocenters. The van der Waals surface area contributed by atoms with Crippen molar-refractivity contribution in [3.05, 3.63) is 42.0 Å². The third kappa shape index (κ3) is 7.06. The number of ether oxygens (including phenoxy) is 2. The molecule has 0 aromatic heterocycles. The molecular formula is C19H24O7. The van der Waals surface area contributed by atoms with Crippen molar-refractivity contribution in [3.8, 4) is 5.75 Å². The largest absolute Gasteiger partial charge is 0.487 e. The van der Waals surface area contributed by atoms with E-state index in [1.807, 2.05) is 13.8 Å². The molecule has 0 radical (unpaired) electrons. The first-order valence-electron chi connectivity index (χ1n) is 8.12. The molecule has 0 aliphatic rings. The number of carbonyl (C=O) groups excluding carboxylic acids is 2. The number of hydrogen-bond acceptors (Lipinski definition) is 6. The average molecular weight is 364 g/mol. The number of carbonyl (C=O) groups is 3. The van der Waals surface area contributed by atoms with Crippen LogP contribution < -0.4 is 4.74 Å². The van der Waals surface area contributed by atoms with Gasteiger partial charge in [0.15, 0.2) is 5.78 Å². The Morgan fingerprint density at radius 2 is 1.69 bits per heavy atom. The van der Waals surface area contributed by atoms with Gasteiger partial charge in [-0.05, 0) is 44.0 Å². The molecule has 2 N–H and O–H groups in total. The summed E-state index contributed by atoms with van der Waals surface area (Å²) in [5.41, 5.74) is -1.10. The lowest BCUT2D eigenvalue weighted by molar-refractivity contribution is -0.141. The maximum atomic E-state index is 12.0. The van der Waals surface area contributed by atoms with Gasteiger partial charge in [-0.1, -0.05) is 13.8 Å². The summed E-state index contributed by atoms with van der Waals surface area (Å²) < 4.78 is 10.8. The Morgan fingerprint density at radius 3 is 2.15 bits per heavy atom. The van der Waals surface area contributed by atoms with E-state index < -0.39 is 29.4 Å². The summed E-state index contributed by atoms with van der Waals surface area (Å²) in [6, 6.07) is 6.30. The molecular weight excluding hydrogens is 340 g/mol. The van der Waals surface area contributed by atoms with Crippen molar-refractivity contribution in [2.24, 2.45) is 5.92 Å². The lowest BCUT2D eigenvalue weighted by Gasteiger charge is -2.22. The van der Waals surface area contributed by atoms with Crippen molar-refractivity contribution in [3.63, 3.8) is 0 Å². The van der Waals surface area contributed by atoms with Crippen molar-refractivity contribution >= 4 is 17.7 Å². The Balaban J connectivity index is 2.72. The van der Waals surface area contributed by atoms with E-state index in [1.54, 1.807) is 24.3 Å². The molecule has 0 saturated carbocycles. The first-order chi connectivity index (χ1) is 12.0. The number of Topliss-reactive ketones (excluding diaryl/α,β-unsaturated/α-hetero) is 1. The molecule has 1 aromatic carbocycles. The monoisotopic (exact) mass is 364 g/mol. The van der Waals surface area contributed by atoms with E-state index in [2.05, 4.69) is 0 Å². The molecule has 0 fully saturated rings. The van der Waals surface area contributed by atoms with Gasteiger partial charge < -0.3 is 19.7 Å². The highest BCUT2D eigenvalue weighted by molar-refractivity contribution is 6.01. The highest BCUT2D eigenvalue weighted by Gasteiger charge is 2.25. The summed E-state index contributed by atoms with van der Waals surface area (Å²) in [4.78, 5) is 33.8. The number of esters is 1. The molecule has 0 amide bonds. The van der Waals surface area contributed by atoms with E-state index in [-0.39, 0.29) is 12.5 Å². The topological polar surface area (TPSA) is 110 Å². The van der Waals surface area contributed by atoms with Crippen molar-refractivity contribution in [2.75, 3.05) is 6.61 Å². The van der Waals surface area contributed by atoms with Crippen molar-refractivity contribution < 1.29 is 34.1 Å². The Hall–Kier alpha value is -2.67. The Bertz CT molecular complexity index is 666. The summed E-state index contributed by atoms with van der Waals surface area (Å²) in [7, 11) is 0. The Kier molecular flexibility index (Phi) is 7.52. The van der Waals surface area contributed by atoms with Crippen LogP contribution in [0.15, 0.2) is 36.4 Å². The molecule has 0 aliphatic carbocycles. The van der Waals surface area contributed by atoms with Gasteiger partial charge in [-0.15, -0.1) is 0 Å². The molecule has 0 heterocycles. The lowest BCUT2D eigenvalue weighted by atomic mass is 9.97. The smallest absolute Gasteiger partial charge is 0.331 e. The minimum absolute atomic E-state index is 0.0175. The van der Waals surface area contributed by atoms with Gasteiger partial charge in [-0.2, -0.15) is 0 Å². The van der Waals surface area contributed by atoms with Crippen LogP contribution in [-0.4, -0.2) is 46.2 Å². The molecule has 0 aliphatic heterocycles. The minimum Gasteiger partial charge on any atom is -0.487 e. The van der Waals surface area contributed by atoms with Gasteiger partial charge in [0.25, 0.3) is 0 Å². The summed E-state index contributed by atoms with van der Waals surface area (Å²) >= 11 is 0. The summed E-state index contributed by atoms with van der Waals surface area (Å²) in [5.74, 6) is -1.91. The molecule has 7 nitrogen and oxygen atoms in total. The molecule has 7 heteroatoms. The van der Waals surface area contributed by atoms with Crippen LogP contribution >= 0.6 is 0 Å². The maximum Gasteiger partial charge on any atom is 0.331 e. The molecule has 1 rings (SSSR count). The second-order valence-electron chi connectivity index (χ2n) is 6.61. The summed E-state index contributed by atoms with van der Waals surface area (Å²) in [5, 5.41) is 18.2. The predicted molar refractivity (Wildman–Crippen MR) is 94.1 cm³/mol. The fourth-order valence-corrected chi connectivity index (χ4v) is 1.93. The highest BCUT2D eigenvalue weighted by Crippen LogP contribution is 2.20. The van der Waals surface area contributed by atoms with Gasteiger partial charge in [0.05, 0.1) is 0 Å². The molecule has 26 heavy (non-hydrogen) atoms. The van der Waals surface area contributed by atoms with E-state index in [9.17, 15) is 19.5 Å². The summed E-state index contributed by atoms with van der Waals surface area (Å²) in [6.45, 7) is 6.56. The van der Waals surface area contributed by atoms with Gasteiger partial charge in [0.1, 0.15) is 24.1 Å². The Labute approximate surface area is 152 Å². The number of carboxylic acids is 1. The lowest BCUT2D eigenvalue weighted by Crippen LogP contribution is -2.31. The number of benzene rings is 1. The van der Waals surface area contributed by atoms with Crippen molar-refractivity contribution in [2.45, 2.75) is 39.4 Å². The second-order valence-corrected chi connectivity index (χ2v) is 6.61. The predicted octanol–water partition coefficient (Wildman–Crippen LogP) is 2.23. The molecule has 1 aromatic rings. The van der Waals surface area contributed by atoms with Crippen LogP contribution in [0.25, 0.3) is 0 Å². The summed E-state index contributed by atoms with van der Waals surface area (Å²) in [6.07, 6.45) is 1.08. The first kappa shape index (κ1) is 21.4. The SMILES string of the molecule is CC(C)C(COC(=O)/C=C/C(=O)O)Oc1ccc(C(=O)C(C)(C)O)cc1. The molecule has 0 spiro atoms. The molecule has 1 unspecified atom stereocenters. The van der Waals surface area contributed by atoms with E-state index in [1.165, 1.54) is 13.8 Å². The fourth-order valence-electron chi connectivity index (χ4n) is 1.93. The van der Waals surface area contributed by atoms with E-state index in [4.69, 9.17) is 14.6 Å². The third-order valence-electron chi connectivity index (χ3n) is 3.46. The van der Waals surface area contributed by atoms with Crippen LogP contribution in [0.3, 0.4) is 0 Å². The maximum absolute atomic E-state index is 12.0. The van der Waals surface area contributed by atoms with Crippen LogP contribution in [0, 0.1) is 5.92 Å².